The fraction of sp³-hybridized carbons (Fsp3) is 0.571. The van der Waals surface area contributed by atoms with E-state index in [0.717, 1.165) is 29.9 Å². The molecule has 1 saturated carbocycles. The molecule has 1 fully saturated rings. The minimum atomic E-state index is -0.315. The van der Waals surface area contributed by atoms with E-state index < -0.39 is 0 Å². The Bertz CT molecular complexity index is 394. The van der Waals surface area contributed by atoms with Crippen LogP contribution < -0.4 is 9.47 Å². The molecule has 1 aromatic carbocycles. The monoisotopic (exact) mass is 236 g/mol. The van der Waals surface area contributed by atoms with Crippen LogP contribution in [0, 0.1) is 0 Å². The van der Waals surface area contributed by atoms with Gasteiger partial charge in [0.25, 0.3) is 0 Å². The van der Waals surface area contributed by atoms with Crippen LogP contribution in [0.15, 0.2) is 18.2 Å². The van der Waals surface area contributed by atoms with Gasteiger partial charge in [-0.2, -0.15) is 0 Å². The SMILES string of the molecule is CCOc1ccc(C2(C(C)O)CC2)cc1OC. The fourth-order valence-corrected chi connectivity index (χ4v) is 2.33. The highest BCUT2D eigenvalue weighted by atomic mass is 16.5. The molecule has 1 aliphatic carbocycles. The molecule has 17 heavy (non-hydrogen) atoms. The molecule has 1 aliphatic rings. The number of ether oxygens (including phenoxy) is 2. The van der Waals surface area contributed by atoms with Crippen molar-refractivity contribution in [1.82, 2.24) is 0 Å². The first-order valence-corrected chi connectivity index (χ1v) is 6.13. The lowest BCUT2D eigenvalue weighted by molar-refractivity contribution is 0.150. The van der Waals surface area contributed by atoms with E-state index in [1.165, 1.54) is 0 Å². The predicted molar refractivity (Wildman–Crippen MR) is 66.8 cm³/mol. The average Bonchev–Trinajstić information content (AvgIpc) is 3.11. The Kier molecular flexibility index (Phi) is 3.29. The molecule has 3 nitrogen and oxygen atoms in total. The fourth-order valence-electron chi connectivity index (χ4n) is 2.33. The summed E-state index contributed by atoms with van der Waals surface area (Å²) in [6, 6.07) is 5.96. The summed E-state index contributed by atoms with van der Waals surface area (Å²) in [5, 5.41) is 9.86. The van der Waals surface area contributed by atoms with Crippen LogP contribution >= 0.6 is 0 Å². The van der Waals surface area contributed by atoms with Gasteiger partial charge >= 0.3 is 0 Å². The molecule has 0 spiro atoms. The van der Waals surface area contributed by atoms with Crippen molar-refractivity contribution in [2.24, 2.45) is 0 Å². The number of rotatable bonds is 5. The van der Waals surface area contributed by atoms with Crippen LogP contribution in [-0.2, 0) is 5.41 Å². The largest absolute Gasteiger partial charge is 0.493 e. The normalized spacial score (nSPS) is 18.6. The lowest BCUT2D eigenvalue weighted by Crippen LogP contribution is -2.22. The van der Waals surface area contributed by atoms with Crippen LogP contribution in [0.4, 0.5) is 0 Å². The molecule has 1 aromatic rings. The third-order valence-electron chi connectivity index (χ3n) is 3.63. The smallest absolute Gasteiger partial charge is 0.161 e. The van der Waals surface area contributed by atoms with Crippen molar-refractivity contribution < 1.29 is 14.6 Å². The Balaban J connectivity index is 2.32. The van der Waals surface area contributed by atoms with Crippen LogP contribution in [0.2, 0.25) is 0 Å². The van der Waals surface area contributed by atoms with Gasteiger partial charge in [-0.3, -0.25) is 0 Å². The predicted octanol–water partition coefficient (Wildman–Crippen LogP) is 2.51. The average molecular weight is 236 g/mol. The number of hydrogen-bond acceptors (Lipinski definition) is 3. The molecule has 1 N–H and O–H groups in total. The zero-order valence-corrected chi connectivity index (χ0v) is 10.7. The molecule has 0 heterocycles. The van der Waals surface area contributed by atoms with E-state index in [-0.39, 0.29) is 11.5 Å². The van der Waals surface area contributed by atoms with Crippen LogP contribution in [-0.4, -0.2) is 24.9 Å². The van der Waals surface area contributed by atoms with E-state index in [9.17, 15) is 5.11 Å². The standard InChI is InChI=1S/C14H20O3/c1-4-17-12-6-5-11(9-13(12)16-3)14(7-8-14)10(2)15/h5-6,9-10,15H,4,7-8H2,1-3H3. The number of benzene rings is 1. The van der Waals surface area contributed by atoms with Gasteiger partial charge in [0.2, 0.25) is 0 Å². The van der Waals surface area contributed by atoms with Gasteiger partial charge in [-0.15, -0.1) is 0 Å². The van der Waals surface area contributed by atoms with Gasteiger partial charge in [-0.25, -0.2) is 0 Å². The summed E-state index contributed by atoms with van der Waals surface area (Å²) in [5.74, 6) is 1.51. The van der Waals surface area contributed by atoms with Gasteiger partial charge < -0.3 is 14.6 Å². The highest BCUT2D eigenvalue weighted by Gasteiger charge is 2.48. The first-order chi connectivity index (χ1) is 8.14. The Hall–Kier alpha value is -1.22. The van der Waals surface area contributed by atoms with Crippen LogP contribution in [0.5, 0.6) is 11.5 Å². The summed E-state index contributed by atoms with van der Waals surface area (Å²) in [4.78, 5) is 0. The highest BCUT2D eigenvalue weighted by molar-refractivity contribution is 5.47. The molecule has 0 bridgehead atoms. The second kappa shape index (κ2) is 4.57. The maximum atomic E-state index is 9.86. The van der Waals surface area contributed by atoms with Crippen molar-refractivity contribution in [2.75, 3.05) is 13.7 Å². The van der Waals surface area contributed by atoms with Crippen molar-refractivity contribution in [3.63, 3.8) is 0 Å². The molecule has 0 aromatic heterocycles. The van der Waals surface area contributed by atoms with Gasteiger partial charge in [0.15, 0.2) is 11.5 Å². The second-order valence-corrected chi connectivity index (χ2v) is 4.63. The Morgan fingerprint density at radius 3 is 2.53 bits per heavy atom. The van der Waals surface area contributed by atoms with Crippen molar-refractivity contribution in [1.29, 1.82) is 0 Å². The van der Waals surface area contributed by atoms with E-state index in [0.29, 0.717) is 6.61 Å². The summed E-state index contributed by atoms with van der Waals surface area (Å²) >= 11 is 0. The Morgan fingerprint density at radius 1 is 1.35 bits per heavy atom. The topological polar surface area (TPSA) is 38.7 Å². The summed E-state index contributed by atoms with van der Waals surface area (Å²) < 4.78 is 10.8. The Morgan fingerprint density at radius 2 is 2.06 bits per heavy atom. The maximum absolute atomic E-state index is 9.86. The van der Waals surface area contributed by atoms with Gasteiger partial charge in [-0.1, -0.05) is 6.07 Å². The molecule has 1 atom stereocenters. The molecule has 0 radical (unpaired) electrons. The zero-order chi connectivity index (χ0) is 12.5. The third-order valence-corrected chi connectivity index (χ3v) is 3.63. The van der Waals surface area contributed by atoms with Crippen LogP contribution in [0.3, 0.4) is 0 Å². The summed E-state index contributed by atoms with van der Waals surface area (Å²) in [7, 11) is 1.64. The molecule has 3 heteroatoms. The van der Waals surface area contributed by atoms with Crippen molar-refractivity contribution in [2.45, 2.75) is 38.2 Å². The lowest BCUT2D eigenvalue weighted by Gasteiger charge is -2.20. The van der Waals surface area contributed by atoms with E-state index >= 15 is 0 Å². The quantitative estimate of drug-likeness (QED) is 0.853. The minimum Gasteiger partial charge on any atom is -0.493 e. The van der Waals surface area contributed by atoms with E-state index in [1.807, 2.05) is 32.0 Å². The summed E-state index contributed by atoms with van der Waals surface area (Å²) in [6.07, 6.45) is 1.77. The molecular weight excluding hydrogens is 216 g/mol. The number of hydrogen-bond donors (Lipinski definition) is 1. The minimum absolute atomic E-state index is 0.0575. The number of methoxy groups -OCH3 is 1. The Labute approximate surface area is 102 Å². The number of aliphatic hydroxyl groups is 1. The first kappa shape index (κ1) is 12.2. The first-order valence-electron chi connectivity index (χ1n) is 6.13. The molecule has 1 unspecified atom stereocenters. The van der Waals surface area contributed by atoms with Gasteiger partial charge in [-0.05, 0) is 44.4 Å². The van der Waals surface area contributed by atoms with Crippen LogP contribution in [0.25, 0.3) is 0 Å². The molecular formula is C14H20O3. The van der Waals surface area contributed by atoms with Crippen LogP contribution in [0.1, 0.15) is 32.3 Å². The third kappa shape index (κ3) is 2.12. The van der Waals surface area contributed by atoms with Crippen molar-refractivity contribution in [3.05, 3.63) is 23.8 Å². The highest BCUT2D eigenvalue weighted by Crippen LogP contribution is 2.52. The summed E-state index contributed by atoms with van der Waals surface area (Å²) in [5.41, 5.74) is 1.09. The van der Waals surface area contributed by atoms with E-state index in [4.69, 9.17) is 9.47 Å². The summed E-state index contributed by atoms with van der Waals surface area (Å²) in [6.45, 7) is 4.43. The number of aliphatic hydroxyl groups excluding tert-OH is 1. The van der Waals surface area contributed by atoms with Crippen molar-refractivity contribution >= 4 is 0 Å². The van der Waals surface area contributed by atoms with Gasteiger partial charge in [0.1, 0.15) is 0 Å². The molecule has 0 amide bonds. The van der Waals surface area contributed by atoms with E-state index in [2.05, 4.69) is 0 Å². The molecule has 0 saturated heterocycles. The zero-order valence-electron chi connectivity index (χ0n) is 10.7. The lowest BCUT2D eigenvalue weighted by atomic mass is 9.90. The van der Waals surface area contributed by atoms with Crippen molar-refractivity contribution in [3.8, 4) is 11.5 Å². The van der Waals surface area contributed by atoms with E-state index in [1.54, 1.807) is 7.11 Å². The molecule has 94 valence electrons. The second-order valence-electron chi connectivity index (χ2n) is 4.63. The molecule has 0 aliphatic heterocycles. The van der Waals surface area contributed by atoms with Gasteiger partial charge in [0.05, 0.1) is 19.8 Å². The van der Waals surface area contributed by atoms with Gasteiger partial charge in [0, 0.05) is 5.41 Å². The molecule has 2 rings (SSSR count). The maximum Gasteiger partial charge on any atom is 0.161 e.